The molecule has 2 aliphatic heterocycles. The van der Waals surface area contributed by atoms with Crippen LogP contribution in [-0.4, -0.2) is 74.2 Å². The molecule has 0 spiro atoms. The molecule has 0 bridgehead atoms. The molecule has 8 heteroatoms. The molecular weight excluding hydrogens is 316 g/mol. The number of rotatable bonds is 3. The van der Waals surface area contributed by atoms with Crippen LogP contribution in [0.1, 0.15) is 26.2 Å². The minimum atomic E-state index is -2.82. The molecule has 2 saturated heterocycles. The lowest BCUT2D eigenvalue weighted by molar-refractivity contribution is -0.827. The molecule has 1 unspecified atom stereocenters. The summed E-state index contributed by atoms with van der Waals surface area (Å²) in [6.07, 6.45) is 1.52. The molecule has 2 aliphatic rings. The lowest BCUT2D eigenvalue weighted by Crippen LogP contribution is -3.16. The third-order valence-electron chi connectivity index (χ3n) is 4.33. The molecular formula is C13H25ClN2O4S. The van der Waals surface area contributed by atoms with Crippen LogP contribution in [0.25, 0.3) is 0 Å². The summed E-state index contributed by atoms with van der Waals surface area (Å²) in [5.41, 5.74) is 0. The van der Waals surface area contributed by atoms with Crippen LogP contribution in [0.15, 0.2) is 0 Å². The molecule has 2 rings (SSSR count). The van der Waals surface area contributed by atoms with Crippen LogP contribution >= 0.6 is 0 Å². The first-order chi connectivity index (χ1) is 9.37. The number of nitrogens with one attached hydrogen (secondary N) is 1. The van der Waals surface area contributed by atoms with Gasteiger partial charge in [-0.25, -0.2) is 13.2 Å². The van der Waals surface area contributed by atoms with Crippen molar-refractivity contribution in [1.29, 1.82) is 0 Å². The van der Waals surface area contributed by atoms with Crippen molar-refractivity contribution in [2.45, 2.75) is 38.3 Å². The zero-order chi connectivity index (χ0) is 14.8. The zero-order valence-corrected chi connectivity index (χ0v) is 14.0. The number of halogens is 1. The Balaban J connectivity index is 0.00000220. The number of nitrogens with zero attached hydrogens (tertiary/aromatic N) is 1. The van der Waals surface area contributed by atoms with Crippen LogP contribution in [0.5, 0.6) is 0 Å². The molecule has 0 aliphatic carbocycles. The van der Waals surface area contributed by atoms with Gasteiger partial charge in [-0.1, -0.05) is 0 Å². The zero-order valence-electron chi connectivity index (χ0n) is 12.4. The van der Waals surface area contributed by atoms with Crippen LogP contribution in [0.2, 0.25) is 0 Å². The lowest BCUT2D eigenvalue weighted by Gasteiger charge is -2.37. The highest BCUT2D eigenvalue weighted by molar-refractivity contribution is 7.91. The smallest absolute Gasteiger partial charge is 0.314 e. The third-order valence-corrected chi connectivity index (χ3v) is 5.94. The molecule has 1 atom stereocenters. The molecule has 21 heavy (non-hydrogen) atoms. The fraction of sp³-hybridized carbons (Fsp3) is 0.923. The predicted octanol–water partition coefficient (Wildman–Crippen LogP) is -4.93. The highest BCUT2D eigenvalue weighted by atomic mass is 35.5. The van der Waals surface area contributed by atoms with E-state index in [0.717, 1.165) is 30.8 Å². The Morgan fingerprint density at radius 2 is 1.81 bits per heavy atom. The van der Waals surface area contributed by atoms with Gasteiger partial charge >= 0.3 is 5.91 Å². The van der Waals surface area contributed by atoms with E-state index >= 15 is 0 Å². The second kappa shape index (κ2) is 7.87. The fourth-order valence-corrected chi connectivity index (χ4v) is 4.33. The van der Waals surface area contributed by atoms with Gasteiger partial charge in [-0.2, -0.15) is 0 Å². The van der Waals surface area contributed by atoms with Crippen LogP contribution in [-0.2, 0) is 14.6 Å². The molecule has 6 nitrogen and oxygen atoms in total. The summed E-state index contributed by atoms with van der Waals surface area (Å²) >= 11 is 0. The number of sulfone groups is 1. The first-order valence-corrected chi connectivity index (χ1v) is 9.20. The van der Waals surface area contributed by atoms with Gasteiger partial charge in [-0.15, -0.1) is 0 Å². The molecule has 0 aromatic carbocycles. The summed E-state index contributed by atoms with van der Waals surface area (Å²) in [5.74, 6) is 0.627. The van der Waals surface area contributed by atoms with Gasteiger partial charge in [0.2, 0.25) is 0 Å². The van der Waals surface area contributed by atoms with Crippen LogP contribution in [0.4, 0.5) is 0 Å². The van der Waals surface area contributed by atoms with E-state index in [9.17, 15) is 18.3 Å². The van der Waals surface area contributed by atoms with E-state index in [0.29, 0.717) is 19.1 Å². The van der Waals surface area contributed by atoms with Gasteiger partial charge in [0.05, 0.1) is 37.1 Å². The average Bonchev–Trinajstić information content (AvgIpc) is 2.38. The summed E-state index contributed by atoms with van der Waals surface area (Å²) in [7, 11) is -2.82. The quantitative estimate of drug-likeness (QED) is 0.538. The molecule has 2 N–H and O–H groups in total. The van der Waals surface area contributed by atoms with Gasteiger partial charge in [0.25, 0.3) is 0 Å². The number of aliphatic hydroxyl groups is 1. The maximum atomic E-state index is 11.9. The third kappa shape index (κ3) is 5.49. The van der Waals surface area contributed by atoms with Crippen molar-refractivity contribution >= 4 is 15.7 Å². The molecule has 0 aromatic rings. The second-order valence-electron chi connectivity index (χ2n) is 6.00. The molecule has 2 heterocycles. The summed E-state index contributed by atoms with van der Waals surface area (Å²) in [5, 5.41) is 9.26. The monoisotopic (exact) mass is 340 g/mol. The van der Waals surface area contributed by atoms with Gasteiger partial charge in [0.15, 0.2) is 9.84 Å². The maximum absolute atomic E-state index is 11.9. The number of piperidine rings is 1. The summed E-state index contributed by atoms with van der Waals surface area (Å²) in [6, 6.07) is 0.411. The summed E-state index contributed by atoms with van der Waals surface area (Å²) < 4.78 is 22.8. The van der Waals surface area contributed by atoms with Crippen LogP contribution < -0.4 is 17.3 Å². The average molecular weight is 341 g/mol. The Morgan fingerprint density at radius 3 is 2.29 bits per heavy atom. The standard InChI is InChI=1S/C13H24N2O4S.ClH/c1-11(16)10-13(17)15-4-2-12(3-5-15)14-6-8-20(18,19)9-7-14;/h11-12,16H,2-10H2,1H3;1H. The maximum Gasteiger partial charge on any atom is 0.314 e. The van der Waals surface area contributed by atoms with Gasteiger partial charge in [0, 0.05) is 32.0 Å². The van der Waals surface area contributed by atoms with E-state index in [1.54, 1.807) is 6.92 Å². The predicted molar refractivity (Wildman–Crippen MR) is 75.3 cm³/mol. The Morgan fingerprint density at radius 1 is 1.29 bits per heavy atom. The molecule has 2 fully saturated rings. The van der Waals surface area contributed by atoms with Gasteiger partial charge in [0.1, 0.15) is 0 Å². The highest BCUT2D eigenvalue weighted by Gasteiger charge is 2.33. The van der Waals surface area contributed by atoms with Crippen molar-refractivity contribution in [3.63, 3.8) is 0 Å². The summed E-state index contributed by atoms with van der Waals surface area (Å²) in [6.45, 7) is 4.48. The minimum absolute atomic E-state index is 0. The van der Waals surface area contributed by atoms with E-state index in [1.807, 2.05) is 0 Å². The van der Waals surface area contributed by atoms with Crippen LogP contribution in [0, 0.1) is 0 Å². The topological polar surface area (TPSA) is 79.1 Å². The van der Waals surface area contributed by atoms with E-state index in [-0.39, 0.29) is 36.2 Å². The first-order valence-electron chi connectivity index (χ1n) is 7.38. The SMILES string of the molecule is CC(O)CC(=O)[NH+]1CCC(N2CCS(=O)(=O)CC2)CC1.[Cl-]. The van der Waals surface area contributed by atoms with Crippen molar-refractivity contribution in [2.75, 3.05) is 37.7 Å². The molecule has 0 radical (unpaired) electrons. The van der Waals surface area contributed by atoms with Crippen molar-refractivity contribution in [3.05, 3.63) is 0 Å². The second-order valence-corrected chi connectivity index (χ2v) is 8.30. The van der Waals surface area contributed by atoms with Crippen molar-refractivity contribution in [3.8, 4) is 0 Å². The molecule has 1 amide bonds. The number of quaternary nitrogens is 1. The van der Waals surface area contributed by atoms with Crippen molar-refractivity contribution in [2.24, 2.45) is 0 Å². The number of amides is 1. The summed E-state index contributed by atoms with van der Waals surface area (Å²) in [4.78, 5) is 15.1. The Labute approximate surface area is 132 Å². The Bertz CT molecular complexity index is 433. The van der Waals surface area contributed by atoms with E-state index in [2.05, 4.69) is 4.90 Å². The number of likely N-dealkylation sites (tertiary alicyclic amines) is 1. The van der Waals surface area contributed by atoms with Crippen molar-refractivity contribution in [1.82, 2.24) is 4.90 Å². The number of aliphatic hydroxyl groups excluding tert-OH is 1. The van der Waals surface area contributed by atoms with Gasteiger partial charge in [-0.05, 0) is 6.92 Å². The normalized spacial score (nSPS) is 31.1. The van der Waals surface area contributed by atoms with Crippen molar-refractivity contribution < 1.29 is 35.6 Å². The number of carbonyl (C=O) groups excluding carboxylic acids is 1. The molecule has 124 valence electrons. The number of hydrogen-bond acceptors (Lipinski definition) is 5. The van der Waals surface area contributed by atoms with Gasteiger partial charge in [-0.3, -0.25) is 9.80 Å². The molecule has 0 saturated carbocycles. The molecule has 0 aromatic heterocycles. The highest BCUT2D eigenvalue weighted by Crippen LogP contribution is 2.14. The van der Waals surface area contributed by atoms with E-state index in [4.69, 9.17) is 0 Å². The van der Waals surface area contributed by atoms with E-state index in [1.165, 1.54) is 0 Å². The number of hydrogen-bond donors (Lipinski definition) is 2. The van der Waals surface area contributed by atoms with Gasteiger partial charge < -0.3 is 17.5 Å². The Kier molecular flexibility index (Phi) is 7.06. The Hall–Kier alpha value is -0.210. The largest absolute Gasteiger partial charge is 1.00 e. The fourth-order valence-electron chi connectivity index (χ4n) is 3.10. The van der Waals surface area contributed by atoms with Crippen LogP contribution in [0.3, 0.4) is 0 Å². The first kappa shape index (κ1) is 18.8. The number of carbonyl (C=O) groups is 1. The lowest BCUT2D eigenvalue weighted by atomic mass is 10.0. The van der Waals surface area contributed by atoms with E-state index < -0.39 is 15.9 Å². The minimum Gasteiger partial charge on any atom is -1.00 e.